The van der Waals surface area contributed by atoms with E-state index in [4.69, 9.17) is 0 Å². The van der Waals surface area contributed by atoms with Gasteiger partial charge in [0.2, 0.25) is 0 Å². The molecule has 0 radical (unpaired) electrons. The van der Waals surface area contributed by atoms with Crippen molar-refractivity contribution in [3.63, 3.8) is 0 Å². The van der Waals surface area contributed by atoms with Crippen LogP contribution < -0.4 is 5.32 Å². The van der Waals surface area contributed by atoms with Crippen LogP contribution in [0.25, 0.3) is 11.0 Å². The Morgan fingerprint density at radius 2 is 1.90 bits per heavy atom. The summed E-state index contributed by atoms with van der Waals surface area (Å²) in [6.45, 7) is 6.92. The first-order valence-electron chi connectivity index (χ1n) is 7.67. The summed E-state index contributed by atoms with van der Waals surface area (Å²) < 4.78 is 2.01. The van der Waals surface area contributed by atoms with Gasteiger partial charge in [0.1, 0.15) is 16.9 Å². The molecular formula is C15H23N5. The van der Waals surface area contributed by atoms with Crippen LogP contribution in [0.2, 0.25) is 0 Å². The highest BCUT2D eigenvalue weighted by molar-refractivity contribution is 5.87. The molecule has 2 aromatic heterocycles. The van der Waals surface area contributed by atoms with Gasteiger partial charge in [-0.05, 0) is 33.6 Å². The maximum Gasteiger partial charge on any atom is 0.156 e. The van der Waals surface area contributed by atoms with E-state index >= 15 is 0 Å². The molecule has 1 fully saturated rings. The van der Waals surface area contributed by atoms with Gasteiger partial charge in [0.05, 0.1) is 5.69 Å². The topological polar surface area (TPSA) is 55.6 Å². The average Bonchev–Trinajstić information content (AvgIpc) is 2.77. The first-order valence-corrected chi connectivity index (χ1v) is 7.67. The van der Waals surface area contributed by atoms with E-state index in [2.05, 4.69) is 27.3 Å². The molecule has 1 aliphatic carbocycles. The zero-order valence-corrected chi connectivity index (χ0v) is 12.6. The van der Waals surface area contributed by atoms with Crippen LogP contribution in [0.5, 0.6) is 0 Å². The van der Waals surface area contributed by atoms with E-state index in [1.54, 1.807) is 0 Å². The van der Waals surface area contributed by atoms with Crippen molar-refractivity contribution in [3.8, 4) is 0 Å². The van der Waals surface area contributed by atoms with Gasteiger partial charge >= 0.3 is 0 Å². The van der Waals surface area contributed by atoms with E-state index in [0.29, 0.717) is 6.04 Å². The molecular weight excluding hydrogens is 250 g/mol. The Morgan fingerprint density at radius 3 is 2.60 bits per heavy atom. The molecule has 0 aliphatic heterocycles. The van der Waals surface area contributed by atoms with Gasteiger partial charge < -0.3 is 5.32 Å². The number of aryl methyl sites for hydroxylation is 3. The predicted octanol–water partition coefficient (Wildman–Crippen LogP) is 3.21. The molecule has 2 aromatic rings. The molecule has 5 heteroatoms. The van der Waals surface area contributed by atoms with Crippen LogP contribution in [0.3, 0.4) is 0 Å². The quantitative estimate of drug-likeness (QED) is 0.933. The van der Waals surface area contributed by atoms with Gasteiger partial charge in [-0.15, -0.1) is 0 Å². The van der Waals surface area contributed by atoms with Crippen LogP contribution in [-0.4, -0.2) is 25.8 Å². The Bertz CT molecular complexity index is 610. The number of nitrogens with one attached hydrogen (secondary N) is 1. The molecule has 5 nitrogen and oxygen atoms in total. The van der Waals surface area contributed by atoms with E-state index in [1.165, 1.54) is 32.1 Å². The molecule has 0 bridgehead atoms. The third kappa shape index (κ3) is 2.37. The zero-order chi connectivity index (χ0) is 14.1. The maximum absolute atomic E-state index is 4.63. The second-order valence-corrected chi connectivity index (χ2v) is 5.70. The van der Waals surface area contributed by atoms with Crippen molar-refractivity contribution in [2.45, 2.75) is 65.5 Å². The van der Waals surface area contributed by atoms with Gasteiger partial charge in [0.25, 0.3) is 0 Å². The number of fused-ring (bicyclic) bond motifs is 1. The van der Waals surface area contributed by atoms with Crippen molar-refractivity contribution in [2.75, 3.05) is 5.32 Å². The normalized spacial score (nSPS) is 16.8. The first-order chi connectivity index (χ1) is 9.69. The lowest BCUT2D eigenvalue weighted by atomic mass is 9.95. The van der Waals surface area contributed by atoms with Crippen molar-refractivity contribution >= 4 is 16.9 Å². The molecule has 0 unspecified atom stereocenters. The minimum Gasteiger partial charge on any atom is -0.365 e. The van der Waals surface area contributed by atoms with Gasteiger partial charge in [-0.25, -0.2) is 9.97 Å². The van der Waals surface area contributed by atoms with Crippen LogP contribution in [0, 0.1) is 13.8 Å². The third-order valence-corrected chi connectivity index (χ3v) is 4.11. The first kappa shape index (κ1) is 13.3. The number of aromatic nitrogens is 4. The Labute approximate surface area is 119 Å². The Balaban J connectivity index is 2.03. The van der Waals surface area contributed by atoms with E-state index in [0.717, 1.165) is 34.9 Å². The van der Waals surface area contributed by atoms with E-state index in [1.807, 2.05) is 18.5 Å². The number of anilines is 1. The Kier molecular flexibility index (Phi) is 3.59. The molecule has 1 N–H and O–H groups in total. The molecule has 0 saturated heterocycles. The fraction of sp³-hybridized carbons (Fsp3) is 0.667. The second kappa shape index (κ2) is 5.38. The Morgan fingerprint density at radius 1 is 1.15 bits per heavy atom. The van der Waals surface area contributed by atoms with Gasteiger partial charge in [-0.2, -0.15) is 5.10 Å². The molecule has 1 aliphatic rings. The van der Waals surface area contributed by atoms with Gasteiger partial charge in [-0.3, -0.25) is 4.68 Å². The summed E-state index contributed by atoms with van der Waals surface area (Å²) in [6, 6.07) is 0.543. The summed E-state index contributed by atoms with van der Waals surface area (Å²) in [7, 11) is 0. The summed E-state index contributed by atoms with van der Waals surface area (Å²) in [5, 5.41) is 8.22. The van der Waals surface area contributed by atoms with E-state index in [-0.39, 0.29) is 0 Å². The molecule has 108 valence electrons. The van der Waals surface area contributed by atoms with Gasteiger partial charge in [0.15, 0.2) is 5.82 Å². The molecule has 20 heavy (non-hydrogen) atoms. The van der Waals surface area contributed by atoms with E-state index < -0.39 is 0 Å². The lowest BCUT2D eigenvalue weighted by Crippen LogP contribution is -2.23. The summed E-state index contributed by atoms with van der Waals surface area (Å²) in [4.78, 5) is 9.20. The number of hydrogen-bond acceptors (Lipinski definition) is 4. The number of hydrogen-bond donors (Lipinski definition) is 1. The number of nitrogens with zero attached hydrogens (tertiary/aromatic N) is 4. The predicted molar refractivity (Wildman–Crippen MR) is 81.0 cm³/mol. The average molecular weight is 273 g/mol. The second-order valence-electron chi connectivity index (χ2n) is 5.70. The summed E-state index contributed by atoms with van der Waals surface area (Å²) in [5.41, 5.74) is 3.03. The highest BCUT2D eigenvalue weighted by atomic mass is 15.3. The highest BCUT2D eigenvalue weighted by Crippen LogP contribution is 2.27. The van der Waals surface area contributed by atoms with Crippen LogP contribution in [-0.2, 0) is 6.54 Å². The van der Waals surface area contributed by atoms with Gasteiger partial charge in [-0.1, -0.05) is 19.3 Å². The van der Waals surface area contributed by atoms with Crippen LogP contribution in [0.4, 0.5) is 5.82 Å². The molecule has 0 atom stereocenters. The lowest BCUT2D eigenvalue weighted by Gasteiger charge is -2.23. The van der Waals surface area contributed by atoms with Crippen LogP contribution >= 0.6 is 0 Å². The number of rotatable bonds is 3. The van der Waals surface area contributed by atoms with Gasteiger partial charge in [0, 0.05) is 12.6 Å². The third-order valence-electron chi connectivity index (χ3n) is 4.11. The maximum atomic E-state index is 4.63. The van der Waals surface area contributed by atoms with Crippen molar-refractivity contribution < 1.29 is 0 Å². The minimum atomic E-state index is 0.543. The van der Waals surface area contributed by atoms with Crippen molar-refractivity contribution in [2.24, 2.45) is 0 Å². The Hall–Kier alpha value is -1.65. The largest absolute Gasteiger partial charge is 0.365 e. The molecule has 0 amide bonds. The molecule has 1 saturated carbocycles. The van der Waals surface area contributed by atoms with Crippen LogP contribution in [0.15, 0.2) is 0 Å². The molecule has 2 heterocycles. The zero-order valence-electron chi connectivity index (χ0n) is 12.6. The fourth-order valence-corrected chi connectivity index (χ4v) is 3.11. The van der Waals surface area contributed by atoms with Crippen molar-refractivity contribution in [3.05, 3.63) is 11.5 Å². The standard InChI is InChI=1S/C15H23N5/c1-4-20-14-13(10(2)19-20)16-11(3)17-15(14)18-12-8-6-5-7-9-12/h12H,4-9H2,1-3H3,(H,16,17,18). The van der Waals surface area contributed by atoms with Crippen LogP contribution in [0.1, 0.15) is 50.5 Å². The smallest absolute Gasteiger partial charge is 0.156 e. The molecule has 0 spiro atoms. The minimum absolute atomic E-state index is 0.543. The summed E-state index contributed by atoms with van der Waals surface area (Å²) >= 11 is 0. The summed E-state index contributed by atoms with van der Waals surface area (Å²) in [5.74, 6) is 1.77. The molecule has 3 rings (SSSR count). The molecule has 0 aromatic carbocycles. The SMILES string of the molecule is CCn1nc(C)c2nc(C)nc(NC3CCCCC3)c21. The lowest BCUT2D eigenvalue weighted by molar-refractivity contribution is 0.462. The summed E-state index contributed by atoms with van der Waals surface area (Å²) in [6.07, 6.45) is 6.48. The monoisotopic (exact) mass is 273 g/mol. The van der Waals surface area contributed by atoms with E-state index in [9.17, 15) is 0 Å². The van der Waals surface area contributed by atoms with Crippen molar-refractivity contribution in [1.29, 1.82) is 0 Å². The fourth-order valence-electron chi connectivity index (χ4n) is 3.11. The van der Waals surface area contributed by atoms with Crippen molar-refractivity contribution in [1.82, 2.24) is 19.7 Å². The highest BCUT2D eigenvalue weighted by Gasteiger charge is 2.19.